The lowest BCUT2D eigenvalue weighted by molar-refractivity contribution is -0.385. The van der Waals surface area contributed by atoms with Crippen LogP contribution < -0.4 is 20.2 Å². The summed E-state index contributed by atoms with van der Waals surface area (Å²) >= 11 is 11.7. The SMILES string of the molecule is COc1cc(/C=N/NC(=O)C(=O)Nc2ccc(Cl)c(Cl)c2)ccc1OC(=O)c1ccccc1[N+](=O)[O-]. The minimum Gasteiger partial charge on any atom is -0.493 e. The molecule has 0 spiro atoms. The van der Waals surface area contributed by atoms with Gasteiger partial charge in [0, 0.05) is 11.8 Å². The van der Waals surface area contributed by atoms with Gasteiger partial charge in [0.1, 0.15) is 5.56 Å². The van der Waals surface area contributed by atoms with Crippen molar-refractivity contribution < 1.29 is 28.8 Å². The Hall–Kier alpha value is -4.48. The molecule has 0 unspecified atom stereocenters. The molecule has 0 radical (unpaired) electrons. The van der Waals surface area contributed by atoms with Crippen molar-refractivity contribution in [2.75, 3.05) is 12.4 Å². The van der Waals surface area contributed by atoms with Crippen LogP contribution in [0.15, 0.2) is 65.8 Å². The van der Waals surface area contributed by atoms with Gasteiger partial charge < -0.3 is 14.8 Å². The molecule has 184 valence electrons. The average Bonchev–Trinajstić information content (AvgIpc) is 2.86. The maximum Gasteiger partial charge on any atom is 0.350 e. The van der Waals surface area contributed by atoms with E-state index >= 15 is 0 Å². The Morgan fingerprint density at radius 3 is 2.42 bits per heavy atom. The number of hydrazone groups is 1. The van der Waals surface area contributed by atoms with Gasteiger partial charge in [0.05, 0.1) is 28.3 Å². The highest BCUT2D eigenvalue weighted by molar-refractivity contribution is 6.43. The number of nitrogens with zero attached hydrogens (tertiary/aromatic N) is 2. The van der Waals surface area contributed by atoms with E-state index in [0.717, 1.165) is 0 Å². The zero-order chi connectivity index (χ0) is 26.2. The number of nitro benzene ring substituents is 1. The first-order valence-electron chi connectivity index (χ1n) is 9.92. The van der Waals surface area contributed by atoms with Crippen LogP contribution in [0.5, 0.6) is 11.5 Å². The van der Waals surface area contributed by atoms with Gasteiger partial charge >= 0.3 is 17.8 Å². The number of esters is 1. The molecule has 0 fully saturated rings. The minimum absolute atomic E-state index is 0.00263. The molecule has 0 aliphatic rings. The second-order valence-electron chi connectivity index (χ2n) is 6.86. The number of para-hydroxylation sites is 1. The maximum atomic E-state index is 12.5. The van der Waals surface area contributed by atoms with E-state index in [1.807, 2.05) is 0 Å². The van der Waals surface area contributed by atoms with E-state index in [1.54, 1.807) is 0 Å². The zero-order valence-corrected chi connectivity index (χ0v) is 19.9. The van der Waals surface area contributed by atoms with Crippen LogP contribution >= 0.6 is 23.2 Å². The van der Waals surface area contributed by atoms with Gasteiger partial charge in [-0.2, -0.15) is 5.10 Å². The van der Waals surface area contributed by atoms with Crippen LogP contribution in [0, 0.1) is 10.1 Å². The standard InChI is InChI=1S/C23H16Cl2N4O7/c1-35-20-10-13(6-9-19(20)36-23(32)15-4-2-3-5-18(15)29(33)34)12-26-28-22(31)21(30)27-14-7-8-16(24)17(25)11-14/h2-12H,1H3,(H,27,30)(H,28,31)/b26-12+. The zero-order valence-electron chi connectivity index (χ0n) is 18.4. The number of ether oxygens (including phenoxy) is 2. The molecule has 0 saturated carbocycles. The molecule has 13 heteroatoms. The van der Waals surface area contributed by atoms with E-state index in [4.69, 9.17) is 32.7 Å². The average molecular weight is 531 g/mol. The molecule has 0 heterocycles. The van der Waals surface area contributed by atoms with Crippen LogP contribution in [-0.4, -0.2) is 36.0 Å². The predicted molar refractivity (Wildman–Crippen MR) is 132 cm³/mol. The molecule has 0 aliphatic heterocycles. The Kier molecular flexibility index (Phi) is 8.55. The van der Waals surface area contributed by atoms with Gasteiger partial charge in [0.2, 0.25) is 0 Å². The molecule has 0 bridgehead atoms. The number of rotatable bonds is 7. The largest absolute Gasteiger partial charge is 0.493 e. The lowest BCUT2D eigenvalue weighted by Crippen LogP contribution is -2.32. The van der Waals surface area contributed by atoms with Crippen molar-refractivity contribution in [3.05, 3.63) is 92.0 Å². The molecule has 0 atom stereocenters. The summed E-state index contributed by atoms with van der Waals surface area (Å²) < 4.78 is 10.5. The maximum absolute atomic E-state index is 12.5. The Balaban J connectivity index is 1.64. The highest BCUT2D eigenvalue weighted by Gasteiger charge is 2.22. The van der Waals surface area contributed by atoms with Gasteiger partial charge in [-0.1, -0.05) is 35.3 Å². The van der Waals surface area contributed by atoms with Crippen LogP contribution in [0.25, 0.3) is 0 Å². The number of carbonyl (C=O) groups excluding carboxylic acids is 3. The smallest absolute Gasteiger partial charge is 0.350 e. The fourth-order valence-corrected chi connectivity index (χ4v) is 3.09. The van der Waals surface area contributed by atoms with Crippen molar-refractivity contribution >= 4 is 58.6 Å². The fraction of sp³-hybridized carbons (Fsp3) is 0.0435. The Bertz CT molecular complexity index is 1380. The number of nitrogens with one attached hydrogen (secondary N) is 2. The molecule has 0 aliphatic carbocycles. The molecule has 0 saturated heterocycles. The molecule has 2 N–H and O–H groups in total. The van der Waals surface area contributed by atoms with E-state index < -0.39 is 28.4 Å². The number of amides is 2. The number of carbonyl (C=O) groups is 3. The fourth-order valence-electron chi connectivity index (χ4n) is 2.79. The van der Waals surface area contributed by atoms with Crippen LogP contribution in [0.1, 0.15) is 15.9 Å². The molecular weight excluding hydrogens is 515 g/mol. The number of anilines is 1. The van der Waals surface area contributed by atoms with Crippen molar-refractivity contribution in [3.8, 4) is 11.5 Å². The highest BCUT2D eigenvalue weighted by Crippen LogP contribution is 2.29. The van der Waals surface area contributed by atoms with Crippen molar-refractivity contribution in [2.45, 2.75) is 0 Å². The van der Waals surface area contributed by atoms with Gasteiger partial charge in [0.25, 0.3) is 5.69 Å². The van der Waals surface area contributed by atoms with Gasteiger partial charge in [-0.15, -0.1) is 0 Å². The van der Waals surface area contributed by atoms with Gasteiger partial charge in [-0.3, -0.25) is 19.7 Å². The Morgan fingerprint density at radius 1 is 0.972 bits per heavy atom. The van der Waals surface area contributed by atoms with Crippen LogP contribution in [-0.2, 0) is 9.59 Å². The van der Waals surface area contributed by atoms with Crippen molar-refractivity contribution in [2.24, 2.45) is 5.10 Å². The molecule has 3 rings (SSSR count). The van der Waals surface area contributed by atoms with Crippen LogP contribution in [0.4, 0.5) is 11.4 Å². The highest BCUT2D eigenvalue weighted by atomic mass is 35.5. The van der Waals surface area contributed by atoms with Crippen LogP contribution in [0.3, 0.4) is 0 Å². The predicted octanol–water partition coefficient (Wildman–Crippen LogP) is 4.22. The number of methoxy groups -OCH3 is 1. The number of halogens is 2. The lowest BCUT2D eigenvalue weighted by atomic mass is 10.2. The van der Waals surface area contributed by atoms with E-state index in [-0.39, 0.29) is 27.8 Å². The van der Waals surface area contributed by atoms with Crippen LogP contribution in [0.2, 0.25) is 10.0 Å². The second-order valence-corrected chi connectivity index (χ2v) is 7.67. The summed E-state index contributed by atoms with van der Waals surface area (Å²) in [6, 6.07) is 14.0. The van der Waals surface area contributed by atoms with Gasteiger partial charge in [-0.05, 0) is 48.0 Å². The lowest BCUT2D eigenvalue weighted by Gasteiger charge is -2.10. The summed E-state index contributed by atoms with van der Waals surface area (Å²) in [6.45, 7) is 0. The molecule has 36 heavy (non-hydrogen) atoms. The number of hydrogen-bond donors (Lipinski definition) is 2. The third-order valence-electron chi connectivity index (χ3n) is 4.47. The monoisotopic (exact) mass is 530 g/mol. The Morgan fingerprint density at radius 2 is 1.72 bits per heavy atom. The minimum atomic E-state index is -1.04. The number of nitro groups is 1. The molecule has 3 aromatic carbocycles. The summed E-state index contributed by atoms with van der Waals surface area (Å²) in [6.07, 6.45) is 1.22. The first kappa shape index (κ1) is 26.1. The van der Waals surface area contributed by atoms with E-state index in [0.29, 0.717) is 10.6 Å². The first-order valence-corrected chi connectivity index (χ1v) is 10.7. The van der Waals surface area contributed by atoms with E-state index in [9.17, 15) is 24.5 Å². The van der Waals surface area contributed by atoms with Crippen molar-refractivity contribution in [1.29, 1.82) is 0 Å². The molecule has 0 aromatic heterocycles. The number of hydrogen-bond acceptors (Lipinski definition) is 8. The Labute approximate surface area is 213 Å². The summed E-state index contributed by atoms with van der Waals surface area (Å²) in [5.41, 5.74) is 2.13. The normalized spacial score (nSPS) is 10.5. The molecule has 2 amide bonds. The third-order valence-corrected chi connectivity index (χ3v) is 5.21. The number of benzene rings is 3. The van der Waals surface area contributed by atoms with E-state index in [2.05, 4.69) is 15.8 Å². The molecular formula is C23H16Cl2N4O7. The summed E-state index contributed by atoms with van der Waals surface area (Å²) in [5, 5.41) is 17.7. The van der Waals surface area contributed by atoms with Crippen molar-refractivity contribution in [1.82, 2.24) is 5.43 Å². The van der Waals surface area contributed by atoms with Crippen molar-refractivity contribution in [3.63, 3.8) is 0 Å². The summed E-state index contributed by atoms with van der Waals surface area (Å²) in [7, 11) is 1.33. The van der Waals surface area contributed by atoms with E-state index in [1.165, 1.54) is 74.0 Å². The first-order chi connectivity index (χ1) is 17.2. The molecule has 11 nitrogen and oxygen atoms in total. The topological polar surface area (TPSA) is 149 Å². The quantitative estimate of drug-likeness (QED) is 0.116. The van der Waals surface area contributed by atoms with Gasteiger partial charge in [-0.25, -0.2) is 10.2 Å². The second kappa shape index (κ2) is 11.8. The summed E-state index contributed by atoms with van der Waals surface area (Å²) in [4.78, 5) is 46.9. The van der Waals surface area contributed by atoms with Gasteiger partial charge in [0.15, 0.2) is 11.5 Å². The third kappa shape index (κ3) is 6.56. The molecule has 3 aromatic rings. The summed E-state index contributed by atoms with van der Waals surface area (Å²) in [5.74, 6) is -2.85.